The van der Waals surface area contributed by atoms with Crippen LogP contribution in [0.25, 0.3) is 5.69 Å². The zero-order chi connectivity index (χ0) is 20.5. The minimum absolute atomic E-state index is 0.292. The summed E-state index contributed by atoms with van der Waals surface area (Å²) in [6.45, 7) is 7.95. The Bertz CT molecular complexity index is 782. The molecule has 7 nitrogen and oxygen atoms in total. The Labute approximate surface area is 173 Å². The van der Waals surface area contributed by atoms with E-state index in [9.17, 15) is 0 Å². The lowest BCUT2D eigenvalue weighted by Gasteiger charge is -2.13. The van der Waals surface area contributed by atoms with Gasteiger partial charge in [-0.25, -0.2) is 4.68 Å². The molecule has 1 aromatic carbocycles. The van der Waals surface area contributed by atoms with E-state index in [1.165, 1.54) is 5.56 Å². The predicted octanol–water partition coefficient (Wildman–Crippen LogP) is 2.74. The number of aromatic nitrogens is 2. The van der Waals surface area contributed by atoms with E-state index in [1.54, 1.807) is 7.05 Å². The minimum atomic E-state index is 0.292. The van der Waals surface area contributed by atoms with Crippen LogP contribution in [0, 0.1) is 13.8 Å². The lowest BCUT2D eigenvalue weighted by molar-refractivity contribution is 0.0168. The van der Waals surface area contributed by atoms with Crippen molar-refractivity contribution in [3.05, 3.63) is 47.3 Å². The van der Waals surface area contributed by atoms with E-state index in [-0.39, 0.29) is 0 Å². The van der Waals surface area contributed by atoms with Crippen LogP contribution >= 0.6 is 0 Å². The standard InChI is InChI=1S/C22H33N5O2/c1-17-21(18(2)27(26-17)19-9-5-4-6-10-19)15-25-22(23-3)24-12-8-13-28-16-20-11-7-14-29-20/h4-6,9-10,20H,7-8,11-16H2,1-3H3,(H2,23,24,25). The van der Waals surface area contributed by atoms with E-state index in [0.717, 1.165) is 62.1 Å². The lowest BCUT2D eigenvalue weighted by atomic mass is 10.2. The third-order valence-electron chi connectivity index (χ3n) is 5.18. The molecule has 1 aromatic heterocycles. The third kappa shape index (κ3) is 6.05. The van der Waals surface area contributed by atoms with Crippen LogP contribution in [0.4, 0.5) is 0 Å². The molecule has 1 aliphatic heterocycles. The molecule has 0 bridgehead atoms. The lowest BCUT2D eigenvalue weighted by Crippen LogP contribution is -2.37. The quantitative estimate of drug-likeness (QED) is 0.385. The zero-order valence-electron chi connectivity index (χ0n) is 17.8. The van der Waals surface area contributed by atoms with E-state index >= 15 is 0 Å². The first kappa shape index (κ1) is 21.3. The van der Waals surface area contributed by atoms with Gasteiger partial charge in [-0.05, 0) is 45.2 Å². The van der Waals surface area contributed by atoms with Crippen LogP contribution in [-0.2, 0) is 16.0 Å². The maximum atomic E-state index is 5.70. The molecule has 0 aliphatic carbocycles. The number of nitrogens with zero attached hydrogens (tertiary/aromatic N) is 3. The van der Waals surface area contributed by atoms with Crippen molar-refractivity contribution in [2.24, 2.45) is 4.99 Å². The molecular formula is C22H33N5O2. The highest BCUT2D eigenvalue weighted by atomic mass is 16.5. The van der Waals surface area contributed by atoms with Gasteiger partial charge < -0.3 is 20.1 Å². The molecule has 2 N–H and O–H groups in total. The molecule has 7 heteroatoms. The van der Waals surface area contributed by atoms with Crippen molar-refractivity contribution in [3.63, 3.8) is 0 Å². The average Bonchev–Trinajstić information content (AvgIpc) is 3.36. The van der Waals surface area contributed by atoms with E-state index in [4.69, 9.17) is 14.6 Å². The summed E-state index contributed by atoms with van der Waals surface area (Å²) < 4.78 is 13.3. The number of aliphatic imine (C=N–C) groups is 1. The van der Waals surface area contributed by atoms with Crippen molar-refractivity contribution < 1.29 is 9.47 Å². The molecule has 158 valence electrons. The molecule has 2 heterocycles. The summed E-state index contributed by atoms with van der Waals surface area (Å²) in [6, 6.07) is 10.2. The predicted molar refractivity (Wildman–Crippen MR) is 116 cm³/mol. The molecule has 2 aromatic rings. The second-order valence-corrected chi connectivity index (χ2v) is 7.31. The van der Waals surface area contributed by atoms with E-state index in [2.05, 4.69) is 34.7 Å². The molecule has 0 saturated carbocycles. The second-order valence-electron chi connectivity index (χ2n) is 7.31. The molecular weight excluding hydrogens is 366 g/mol. The molecule has 3 rings (SSSR count). The monoisotopic (exact) mass is 399 g/mol. The first-order valence-electron chi connectivity index (χ1n) is 10.4. The van der Waals surface area contributed by atoms with Crippen LogP contribution in [0.1, 0.15) is 36.2 Å². The van der Waals surface area contributed by atoms with Crippen molar-refractivity contribution in [1.29, 1.82) is 0 Å². The number of hydrogen-bond acceptors (Lipinski definition) is 4. The van der Waals surface area contributed by atoms with Crippen LogP contribution < -0.4 is 10.6 Å². The van der Waals surface area contributed by atoms with Gasteiger partial charge in [0.05, 0.1) is 24.1 Å². The van der Waals surface area contributed by atoms with E-state index < -0.39 is 0 Å². The van der Waals surface area contributed by atoms with Crippen LogP contribution in [0.5, 0.6) is 0 Å². The number of nitrogens with one attached hydrogen (secondary N) is 2. The number of hydrogen-bond donors (Lipinski definition) is 2. The van der Waals surface area contributed by atoms with Crippen LogP contribution in [0.3, 0.4) is 0 Å². The highest BCUT2D eigenvalue weighted by Gasteiger charge is 2.15. The van der Waals surface area contributed by atoms with Gasteiger partial charge in [-0.1, -0.05) is 18.2 Å². The maximum Gasteiger partial charge on any atom is 0.191 e. The van der Waals surface area contributed by atoms with Crippen molar-refractivity contribution >= 4 is 5.96 Å². The van der Waals surface area contributed by atoms with Crippen molar-refractivity contribution in [3.8, 4) is 5.69 Å². The topological polar surface area (TPSA) is 72.7 Å². The van der Waals surface area contributed by atoms with Crippen LogP contribution in [-0.4, -0.2) is 55.3 Å². The molecule has 1 aliphatic rings. The number of para-hydroxylation sites is 1. The zero-order valence-corrected chi connectivity index (χ0v) is 17.8. The van der Waals surface area contributed by atoms with Crippen molar-refractivity contribution in [2.75, 3.05) is 33.4 Å². The number of ether oxygens (including phenoxy) is 2. The number of rotatable bonds is 9. The minimum Gasteiger partial charge on any atom is -0.379 e. The van der Waals surface area contributed by atoms with Gasteiger partial charge in [-0.2, -0.15) is 5.10 Å². The number of aryl methyl sites for hydroxylation is 1. The smallest absolute Gasteiger partial charge is 0.191 e. The summed E-state index contributed by atoms with van der Waals surface area (Å²) in [7, 11) is 1.79. The summed E-state index contributed by atoms with van der Waals surface area (Å²) in [5.74, 6) is 0.787. The van der Waals surface area contributed by atoms with Gasteiger partial charge in [-0.3, -0.25) is 4.99 Å². The molecule has 0 spiro atoms. The largest absolute Gasteiger partial charge is 0.379 e. The molecule has 29 heavy (non-hydrogen) atoms. The fraction of sp³-hybridized carbons (Fsp3) is 0.545. The maximum absolute atomic E-state index is 5.70. The SMILES string of the molecule is CN=C(NCCCOCC1CCCO1)NCc1c(C)nn(-c2ccccc2)c1C. The van der Waals surface area contributed by atoms with Gasteiger partial charge in [0.15, 0.2) is 5.96 Å². The summed E-state index contributed by atoms with van der Waals surface area (Å²) in [5, 5.41) is 11.4. The molecule has 1 unspecified atom stereocenters. The Morgan fingerprint density at radius 2 is 2.10 bits per heavy atom. The normalized spacial score (nSPS) is 16.9. The van der Waals surface area contributed by atoms with Gasteiger partial charge in [0.2, 0.25) is 0 Å². The molecule has 0 amide bonds. The Morgan fingerprint density at radius 1 is 1.28 bits per heavy atom. The summed E-state index contributed by atoms with van der Waals surface area (Å²) in [6.07, 6.45) is 3.49. The summed E-state index contributed by atoms with van der Waals surface area (Å²) in [4.78, 5) is 4.31. The number of benzene rings is 1. The molecule has 1 atom stereocenters. The van der Waals surface area contributed by atoms with Gasteiger partial charge in [0.1, 0.15) is 0 Å². The van der Waals surface area contributed by atoms with E-state index in [1.807, 2.05) is 29.8 Å². The van der Waals surface area contributed by atoms with Gasteiger partial charge >= 0.3 is 0 Å². The van der Waals surface area contributed by atoms with Crippen LogP contribution in [0.2, 0.25) is 0 Å². The fourth-order valence-corrected chi connectivity index (χ4v) is 3.52. The van der Waals surface area contributed by atoms with Gasteiger partial charge in [0.25, 0.3) is 0 Å². The second kappa shape index (κ2) is 11.0. The van der Waals surface area contributed by atoms with Crippen molar-refractivity contribution in [2.45, 2.75) is 45.8 Å². The Hall–Kier alpha value is -2.38. The first-order chi connectivity index (χ1) is 14.2. The average molecular weight is 400 g/mol. The van der Waals surface area contributed by atoms with E-state index in [0.29, 0.717) is 19.3 Å². The fourth-order valence-electron chi connectivity index (χ4n) is 3.52. The number of guanidine groups is 1. The summed E-state index contributed by atoms with van der Waals surface area (Å²) in [5.41, 5.74) is 4.43. The third-order valence-corrected chi connectivity index (χ3v) is 5.18. The Kier molecular flexibility index (Phi) is 8.07. The van der Waals surface area contributed by atoms with Gasteiger partial charge in [-0.15, -0.1) is 0 Å². The summed E-state index contributed by atoms with van der Waals surface area (Å²) >= 11 is 0. The highest BCUT2D eigenvalue weighted by molar-refractivity contribution is 5.79. The molecule has 0 radical (unpaired) electrons. The highest BCUT2D eigenvalue weighted by Crippen LogP contribution is 2.17. The van der Waals surface area contributed by atoms with Crippen molar-refractivity contribution in [1.82, 2.24) is 20.4 Å². The Morgan fingerprint density at radius 3 is 2.83 bits per heavy atom. The molecule has 1 fully saturated rings. The molecule has 1 saturated heterocycles. The first-order valence-corrected chi connectivity index (χ1v) is 10.4. The van der Waals surface area contributed by atoms with Crippen LogP contribution in [0.15, 0.2) is 35.3 Å². The van der Waals surface area contributed by atoms with Gasteiger partial charge in [0, 0.05) is 44.6 Å². The Balaban J connectivity index is 1.42.